The van der Waals surface area contributed by atoms with Crippen LogP contribution in [0.2, 0.25) is 0 Å². The van der Waals surface area contributed by atoms with Gasteiger partial charge in [0.2, 0.25) is 0 Å². The summed E-state index contributed by atoms with van der Waals surface area (Å²) >= 11 is 0. The summed E-state index contributed by atoms with van der Waals surface area (Å²) in [4.78, 5) is 2.16. The molecule has 1 N–H and O–H groups in total. The highest BCUT2D eigenvalue weighted by atomic mass is 32.2. The molecule has 0 aromatic heterocycles. The van der Waals surface area contributed by atoms with Crippen molar-refractivity contribution in [3.8, 4) is 0 Å². The molecule has 0 aliphatic carbocycles. The third kappa shape index (κ3) is 2.65. The van der Waals surface area contributed by atoms with Crippen LogP contribution in [0.5, 0.6) is 0 Å². The summed E-state index contributed by atoms with van der Waals surface area (Å²) in [7, 11) is -3.66. The number of benzene rings is 2. The Morgan fingerprint density at radius 1 is 1.08 bits per heavy atom. The van der Waals surface area contributed by atoms with Gasteiger partial charge in [0, 0.05) is 6.04 Å². The Kier molecular flexibility index (Phi) is 4.27. The van der Waals surface area contributed by atoms with Crippen LogP contribution < -0.4 is 9.21 Å². The fourth-order valence-corrected chi connectivity index (χ4v) is 5.11. The molecule has 24 heavy (non-hydrogen) atoms. The summed E-state index contributed by atoms with van der Waals surface area (Å²) < 4.78 is 27.9. The largest absolute Gasteiger partial charge is 0.374 e. The van der Waals surface area contributed by atoms with Crippen LogP contribution in [-0.4, -0.2) is 32.3 Å². The minimum atomic E-state index is -3.66. The van der Waals surface area contributed by atoms with E-state index in [2.05, 4.69) is 0 Å². The SMILES string of the molecule is Cc1ccccc1S(=O)(=O)N1C[C@H](C)N(C(C)O)c2ccccc21. The zero-order valence-electron chi connectivity index (χ0n) is 14.0. The van der Waals surface area contributed by atoms with Crippen LogP contribution in [-0.2, 0) is 10.0 Å². The van der Waals surface area contributed by atoms with Crippen LogP contribution in [0.3, 0.4) is 0 Å². The van der Waals surface area contributed by atoms with Gasteiger partial charge in [-0.05, 0) is 44.5 Å². The van der Waals surface area contributed by atoms with Crippen LogP contribution >= 0.6 is 0 Å². The molecule has 1 unspecified atom stereocenters. The zero-order valence-corrected chi connectivity index (χ0v) is 14.9. The summed E-state index contributed by atoms with van der Waals surface area (Å²) in [5, 5.41) is 10.1. The van der Waals surface area contributed by atoms with E-state index in [9.17, 15) is 13.5 Å². The highest BCUT2D eigenvalue weighted by Crippen LogP contribution is 2.39. The van der Waals surface area contributed by atoms with Gasteiger partial charge in [-0.15, -0.1) is 0 Å². The lowest BCUT2D eigenvalue weighted by Gasteiger charge is -2.44. The average molecular weight is 346 g/mol. The fraction of sp³-hybridized carbons (Fsp3) is 0.333. The molecule has 0 amide bonds. The predicted octanol–water partition coefficient (Wildman–Crippen LogP) is 2.74. The van der Waals surface area contributed by atoms with Gasteiger partial charge in [0.05, 0.1) is 22.8 Å². The first-order valence-corrected chi connectivity index (χ1v) is 9.42. The summed E-state index contributed by atoms with van der Waals surface area (Å²) in [6.07, 6.45) is -0.690. The lowest BCUT2D eigenvalue weighted by molar-refractivity contribution is 0.178. The van der Waals surface area contributed by atoms with Gasteiger partial charge >= 0.3 is 0 Å². The minimum Gasteiger partial charge on any atom is -0.374 e. The molecule has 0 radical (unpaired) electrons. The normalized spacial score (nSPS) is 19.1. The maximum absolute atomic E-state index is 13.2. The van der Waals surface area contributed by atoms with Crippen LogP contribution in [0.4, 0.5) is 11.4 Å². The smallest absolute Gasteiger partial charge is 0.264 e. The van der Waals surface area contributed by atoms with Crippen molar-refractivity contribution in [3.63, 3.8) is 0 Å². The quantitative estimate of drug-likeness (QED) is 0.928. The number of anilines is 2. The van der Waals surface area contributed by atoms with Crippen molar-refractivity contribution in [3.05, 3.63) is 54.1 Å². The summed E-state index contributed by atoms with van der Waals surface area (Å²) in [5.41, 5.74) is 2.05. The van der Waals surface area contributed by atoms with Crippen molar-refractivity contribution in [1.82, 2.24) is 0 Å². The molecule has 2 aromatic rings. The first kappa shape index (κ1) is 16.8. The van der Waals surface area contributed by atoms with Crippen molar-refractivity contribution >= 4 is 21.4 Å². The van der Waals surface area contributed by atoms with E-state index in [4.69, 9.17) is 0 Å². The van der Waals surface area contributed by atoms with Crippen molar-refractivity contribution in [2.24, 2.45) is 0 Å². The number of aliphatic hydroxyl groups excluding tert-OH is 1. The van der Waals surface area contributed by atoms with E-state index in [1.165, 1.54) is 4.31 Å². The number of hydrogen-bond acceptors (Lipinski definition) is 4. The number of fused-ring (bicyclic) bond motifs is 1. The van der Waals surface area contributed by atoms with Gasteiger partial charge in [-0.1, -0.05) is 30.3 Å². The zero-order chi connectivity index (χ0) is 17.5. The molecule has 0 saturated carbocycles. The van der Waals surface area contributed by atoms with Crippen LogP contribution in [0.15, 0.2) is 53.4 Å². The first-order valence-electron chi connectivity index (χ1n) is 7.98. The lowest BCUT2D eigenvalue weighted by Crippen LogP contribution is -2.52. The van der Waals surface area contributed by atoms with Crippen molar-refractivity contribution in [2.45, 2.75) is 37.9 Å². The second kappa shape index (κ2) is 6.11. The molecular formula is C18H22N2O3S. The van der Waals surface area contributed by atoms with Gasteiger partial charge in [0.15, 0.2) is 0 Å². The van der Waals surface area contributed by atoms with E-state index in [1.54, 1.807) is 38.1 Å². The second-order valence-corrected chi connectivity index (χ2v) is 8.01. The molecule has 128 valence electrons. The number of rotatable bonds is 3. The molecule has 0 fully saturated rings. The standard InChI is InChI=1S/C18H22N2O3S/c1-13-8-4-7-11-18(13)24(22,23)19-12-14(2)20(15(3)21)17-10-6-5-9-16(17)19/h4-11,14-15,21H,12H2,1-3H3/t14-,15?/m0/s1. The Bertz CT molecular complexity index is 849. The Balaban J connectivity index is 2.16. The molecule has 2 aromatic carbocycles. The summed E-state index contributed by atoms with van der Waals surface area (Å²) in [6.45, 7) is 5.70. The lowest BCUT2D eigenvalue weighted by atomic mass is 10.1. The number of aryl methyl sites for hydroxylation is 1. The highest BCUT2D eigenvalue weighted by Gasteiger charge is 2.37. The van der Waals surface area contributed by atoms with E-state index in [0.29, 0.717) is 17.1 Å². The molecule has 5 nitrogen and oxygen atoms in total. The van der Waals surface area contributed by atoms with Gasteiger partial charge in [0.1, 0.15) is 6.23 Å². The molecule has 3 rings (SSSR count). The van der Waals surface area contributed by atoms with Gasteiger partial charge in [-0.25, -0.2) is 8.42 Å². The Morgan fingerprint density at radius 2 is 1.67 bits per heavy atom. The Hall–Kier alpha value is -2.05. The second-order valence-electron chi connectivity index (χ2n) is 6.18. The van der Waals surface area contributed by atoms with E-state index in [1.807, 2.05) is 36.1 Å². The number of hydrogen-bond donors (Lipinski definition) is 1. The summed E-state index contributed by atoms with van der Waals surface area (Å²) in [5.74, 6) is 0. The third-order valence-corrected chi connectivity index (χ3v) is 6.34. The van der Waals surface area contributed by atoms with Gasteiger partial charge in [-0.2, -0.15) is 0 Å². The monoisotopic (exact) mass is 346 g/mol. The molecule has 0 spiro atoms. The topological polar surface area (TPSA) is 60.9 Å². The van der Waals surface area contributed by atoms with Crippen LogP contribution in [0, 0.1) is 6.92 Å². The number of nitrogens with zero attached hydrogens (tertiary/aromatic N) is 2. The van der Waals surface area contributed by atoms with E-state index in [0.717, 1.165) is 11.3 Å². The first-order chi connectivity index (χ1) is 11.3. The number of para-hydroxylation sites is 2. The third-order valence-electron chi connectivity index (χ3n) is 4.40. The molecule has 0 bridgehead atoms. The molecule has 2 atom stereocenters. The van der Waals surface area contributed by atoms with Crippen LogP contribution in [0.25, 0.3) is 0 Å². The van der Waals surface area contributed by atoms with Crippen molar-refractivity contribution in [2.75, 3.05) is 15.7 Å². The molecule has 1 heterocycles. The molecule has 1 aliphatic rings. The van der Waals surface area contributed by atoms with E-state index >= 15 is 0 Å². The van der Waals surface area contributed by atoms with E-state index in [-0.39, 0.29) is 6.04 Å². The average Bonchev–Trinajstić information content (AvgIpc) is 2.53. The van der Waals surface area contributed by atoms with Crippen molar-refractivity contribution in [1.29, 1.82) is 0 Å². The minimum absolute atomic E-state index is 0.140. The highest BCUT2D eigenvalue weighted by molar-refractivity contribution is 7.93. The predicted molar refractivity (Wildman–Crippen MR) is 95.8 cm³/mol. The number of sulfonamides is 1. The van der Waals surface area contributed by atoms with E-state index < -0.39 is 16.3 Å². The number of aliphatic hydroxyl groups is 1. The van der Waals surface area contributed by atoms with Crippen molar-refractivity contribution < 1.29 is 13.5 Å². The van der Waals surface area contributed by atoms with Gasteiger partial charge in [-0.3, -0.25) is 4.31 Å². The molecule has 1 aliphatic heterocycles. The Labute approximate surface area is 143 Å². The maximum Gasteiger partial charge on any atom is 0.264 e. The fourth-order valence-electron chi connectivity index (χ4n) is 3.32. The van der Waals surface area contributed by atoms with Crippen LogP contribution in [0.1, 0.15) is 19.4 Å². The maximum atomic E-state index is 13.2. The van der Waals surface area contributed by atoms with Gasteiger partial charge in [0.25, 0.3) is 10.0 Å². The molecule has 0 saturated heterocycles. The molecule has 6 heteroatoms. The summed E-state index contributed by atoms with van der Waals surface area (Å²) in [6, 6.07) is 14.2. The Morgan fingerprint density at radius 3 is 2.29 bits per heavy atom. The van der Waals surface area contributed by atoms with Gasteiger partial charge < -0.3 is 10.0 Å². The molecular weight excluding hydrogens is 324 g/mol.